The highest BCUT2D eigenvalue weighted by Crippen LogP contribution is 2.25. The molecule has 5 heteroatoms. The predicted octanol–water partition coefficient (Wildman–Crippen LogP) is 3.66. The van der Waals surface area contributed by atoms with E-state index in [1.807, 2.05) is 23.6 Å². The SMILES string of the molecule is O=C(N[C@H]1CCCCC[C@H]1C(=O)O)c1ccc2sccc2c1. The van der Waals surface area contributed by atoms with Gasteiger partial charge in [0.05, 0.1) is 5.92 Å². The van der Waals surface area contributed by atoms with Crippen LogP contribution < -0.4 is 5.32 Å². The topological polar surface area (TPSA) is 66.4 Å². The molecule has 1 saturated carbocycles. The molecule has 1 heterocycles. The van der Waals surface area contributed by atoms with Crippen molar-refractivity contribution >= 4 is 33.3 Å². The molecule has 116 valence electrons. The molecule has 2 aromatic rings. The van der Waals surface area contributed by atoms with Crippen molar-refractivity contribution in [2.75, 3.05) is 0 Å². The quantitative estimate of drug-likeness (QED) is 0.849. The summed E-state index contributed by atoms with van der Waals surface area (Å²) in [5.41, 5.74) is 0.597. The first-order chi connectivity index (χ1) is 10.6. The number of rotatable bonds is 3. The van der Waals surface area contributed by atoms with Gasteiger partial charge in [-0.3, -0.25) is 9.59 Å². The summed E-state index contributed by atoms with van der Waals surface area (Å²) in [5.74, 6) is -1.46. The minimum Gasteiger partial charge on any atom is -0.481 e. The Morgan fingerprint density at radius 2 is 1.95 bits per heavy atom. The Balaban J connectivity index is 1.77. The van der Waals surface area contributed by atoms with E-state index in [0.29, 0.717) is 12.0 Å². The average molecular weight is 317 g/mol. The lowest BCUT2D eigenvalue weighted by molar-refractivity contribution is -0.142. The number of hydrogen-bond donors (Lipinski definition) is 2. The molecule has 1 amide bonds. The smallest absolute Gasteiger partial charge is 0.308 e. The fourth-order valence-corrected chi connectivity index (χ4v) is 3.91. The maximum Gasteiger partial charge on any atom is 0.308 e. The second kappa shape index (κ2) is 6.48. The number of fused-ring (bicyclic) bond motifs is 1. The van der Waals surface area contributed by atoms with Crippen molar-refractivity contribution in [2.45, 2.75) is 38.1 Å². The van der Waals surface area contributed by atoms with Gasteiger partial charge in [-0.15, -0.1) is 11.3 Å². The number of carbonyl (C=O) groups excluding carboxylic acids is 1. The van der Waals surface area contributed by atoms with Gasteiger partial charge < -0.3 is 10.4 Å². The number of carbonyl (C=O) groups is 2. The number of amides is 1. The lowest BCUT2D eigenvalue weighted by atomic mass is 9.94. The molecule has 2 N–H and O–H groups in total. The summed E-state index contributed by atoms with van der Waals surface area (Å²) in [5, 5.41) is 15.4. The molecule has 1 fully saturated rings. The average Bonchev–Trinajstić information content (AvgIpc) is 2.84. The van der Waals surface area contributed by atoms with Gasteiger partial charge in [0.15, 0.2) is 0 Å². The molecule has 22 heavy (non-hydrogen) atoms. The maximum atomic E-state index is 12.5. The van der Waals surface area contributed by atoms with Crippen molar-refractivity contribution in [3.8, 4) is 0 Å². The van der Waals surface area contributed by atoms with E-state index in [1.54, 1.807) is 17.4 Å². The van der Waals surface area contributed by atoms with Gasteiger partial charge in [0.25, 0.3) is 5.91 Å². The Morgan fingerprint density at radius 1 is 1.14 bits per heavy atom. The van der Waals surface area contributed by atoms with Crippen LogP contribution in [0.25, 0.3) is 10.1 Å². The summed E-state index contributed by atoms with van der Waals surface area (Å²) in [7, 11) is 0. The first-order valence-electron chi connectivity index (χ1n) is 7.66. The van der Waals surface area contributed by atoms with Crippen LogP contribution in [0, 0.1) is 5.92 Å². The Hall–Kier alpha value is -1.88. The molecule has 1 aromatic carbocycles. The molecular formula is C17H19NO3S. The van der Waals surface area contributed by atoms with Crippen molar-refractivity contribution < 1.29 is 14.7 Å². The van der Waals surface area contributed by atoms with Crippen LogP contribution in [0.1, 0.15) is 42.5 Å². The largest absolute Gasteiger partial charge is 0.481 e. The molecule has 0 unspecified atom stereocenters. The Kier molecular flexibility index (Phi) is 4.43. The zero-order valence-electron chi connectivity index (χ0n) is 12.2. The molecule has 0 spiro atoms. The van der Waals surface area contributed by atoms with Crippen LogP contribution in [0.2, 0.25) is 0 Å². The van der Waals surface area contributed by atoms with E-state index < -0.39 is 11.9 Å². The van der Waals surface area contributed by atoms with E-state index in [-0.39, 0.29) is 11.9 Å². The van der Waals surface area contributed by atoms with Gasteiger partial charge in [-0.2, -0.15) is 0 Å². The number of hydrogen-bond acceptors (Lipinski definition) is 3. The molecule has 0 radical (unpaired) electrons. The molecule has 2 atom stereocenters. The van der Waals surface area contributed by atoms with E-state index in [4.69, 9.17) is 0 Å². The minimum absolute atomic E-state index is 0.175. The number of benzene rings is 1. The first-order valence-corrected chi connectivity index (χ1v) is 8.54. The van der Waals surface area contributed by atoms with Crippen molar-refractivity contribution in [1.82, 2.24) is 5.32 Å². The number of carboxylic acids is 1. The summed E-state index contributed by atoms with van der Waals surface area (Å²) < 4.78 is 1.15. The molecule has 1 aliphatic carbocycles. The highest BCUT2D eigenvalue weighted by atomic mass is 32.1. The molecule has 0 saturated heterocycles. The highest BCUT2D eigenvalue weighted by molar-refractivity contribution is 7.17. The standard InChI is InChI=1S/C17H19NO3S/c19-16(12-6-7-15-11(10-12)8-9-22-15)18-14-5-3-1-2-4-13(14)17(20)21/h6-10,13-14H,1-5H2,(H,18,19)(H,20,21)/t13-,14+/m1/s1. The van der Waals surface area contributed by atoms with Crippen LogP contribution >= 0.6 is 11.3 Å². The van der Waals surface area contributed by atoms with E-state index in [9.17, 15) is 14.7 Å². The Bertz CT molecular complexity index is 694. The Morgan fingerprint density at radius 3 is 2.77 bits per heavy atom. The summed E-state index contributed by atoms with van der Waals surface area (Å²) in [6.45, 7) is 0. The van der Waals surface area contributed by atoms with Gasteiger partial charge in [0.1, 0.15) is 0 Å². The molecule has 1 aliphatic rings. The monoisotopic (exact) mass is 317 g/mol. The summed E-state index contributed by atoms with van der Waals surface area (Å²) in [6, 6.07) is 7.33. The van der Waals surface area contributed by atoms with Gasteiger partial charge in [-0.05, 0) is 47.9 Å². The van der Waals surface area contributed by atoms with Crippen molar-refractivity contribution in [2.24, 2.45) is 5.92 Å². The van der Waals surface area contributed by atoms with Gasteiger partial charge >= 0.3 is 5.97 Å². The van der Waals surface area contributed by atoms with Crippen LogP contribution in [0.4, 0.5) is 0 Å². The fourth-order valence-electron chi connectivity index (χ4n) is 3.14. The summed E-state index contributed by atoms with van der Waals surface area (Å²) in [6.07, 6.45) is 4.31. The molecule has 1 aromatic heterocycles. The van der Waals surface area contributed by atoms with E-state index >= 15 is 0 Å². The highest BCUT2D eigenvalue weighted by Gasteiger charge is 2.30. The third-order valence-corrected chi connectivity index (χ3v) is 5.26. The first kappa shape index (κ1) is 15.0. The fraction of sp³-hybridized carbons (Fsp3) is 0.412. The zero-order chi connectivity index (χ0) is 15.5. The van der Waals surface area contributed by atoms with Crippen molar-refractivity contribution in [3.05, 3.63) is 35.2 Å². The van der Waals surface area contributed by atoms with E-state index in [2.05, 4.69) is 5.32 Å². The second-order valence-electron chi connectivity index (χ2n) is 5.84. The predicted molar refractivity (Wildman–Crippen MR) is 87.3 cm³/mol. The summed E-state index contributed by atoms with van der Waals surface area (Å²) in [4.78, 5) is 23.9. The molecule has 4 nitrogen and oxygen atoms in total. The number of nitrogens with one attached hydrogen (secondary N) is 1. The lowest BCUT2D eigenvalue weighted by Crippen LogP contribution is -2.42. The molecule has 0 aliphatic heterocycles. The number of aliphatic carboxylic acids is 1. The van der Waals surface area contributed by atoms with Gasteiger partial charge in [-0.1, -0.05) is 19.3 Å². The normalized spacial score (nSPS) is 22.2. The molecule has 3 rings (SSSR count). The minimum atomic E-state index is -0.805. The van der Waals surface area contributed by atoms with Gasteiger partial charge in [0.2, 0.25) is 0 Å². The van der Waals surface area contributed by atoms with E-state index in [1.165, 1.54) is 0 Å². The number of carboxylic acid groups (broad SMARTS) is 1. The third-order valence-electron chi connectivity index (χ3n) is 4.36. The second-order valence-corrected chi connectivity index (χ2v) is 6.78. The molecule has 0 bridgehead atoms. The third kappa shape index (κ3) is 3.14. The lowest BCUT2D eigenvalue weighted by Gasteiger charge is -2.22. The van der Waals surface area contributed by atoms with Crippen LogP contribution in [0.5, 0.6) is 0 Å². The van der Waals surface area contributed by atoms with Gasteiger partial charge in [0, 0.05) is 16.3 Å². The molecular weight excluding hydrogens is 298 g/mol. The van der Waals surface area contributed by atoms with Crippen LogP contribution in [-0.4, -0.2) is 23.0 Å². The van der Waals surface area contributed by atoms with Crippen LogP contribution in [-0.2, 0) is 4.79 Å². The zero-order valence-corrected chi connectivity index (χ0v) is 13.1. The van der Waals surface area contributed by atoms with Crippen LogP contribution in [0.15, 0.2) is 29.6 Å². The van der Waals surface area contributed by atoms with E-state index in [0.717, 1.165) is 35.8 Å². The Labute approximate surface area is 133 Å². The van der Waals surface area contributed by atoms with Crippen LogP contribution in [0.3, 0.4) is 0 Å². The number of thiophene rings is 1. The maximum absolute atomic E-state index is 12.5. The van der Waals surface area contributed by atoms with Crippen molar-refractivity contribution in [3.63, 3.8) is 0 Å². The van der Waals surface area contributed by atoms with Gasteiger partial charge in [-0.25, -0.2) is 0 Å². The van der Waals surface area contributed by atoms with Crippen molar-refractivity contribution in [1.29, 1.82) is 0 Å². The summed E-state index contributed by atoms with van der Waals surface area (Å²) >= 11 is 1.64.